The molecule has 1 aliphatic heterocycles. The summed E-state index contributed by atoms with van der Waals surface area (Å²) >= 11 is 1.56. The lowest BCUT2D eigenvalue weighted by atomic mass is 9.98. The average molecular weight is 414 g/mol. The third-order valence-electron chi connectivity index (χ3n) is 4.87. The Bertz CT molecular complexity index is 973. The molecule has 0 aliphatic carbocycles. The lowest BCUT2D eigenvalue weighted by Gasteiger charge is -2.31. The van der Waals surface area contributed by atoms with E-state index in [-0.39, 0.29) is 11.9 Å². The van der Waals surface area contributed by atoms with Gasteiger partial charge in [-0.15, -0.1) is 21.5 Å². The first-order valence-electron chi connectivity index (χ1n) is 9.33. The average Bonchev–Trinajstić information content (AvgIpc) is 3.45. The number of benzene rings is 1. The van der Waals surface area contributed by atoms with Crippen molar-refractivity contribution in [3.63, 3.8) is 0 Å². The van der Waals surface area contributed by atoms with Gasteiger partial charge >= 0.3 is 6.03 Å². The molecule has 2 amide bonds. The molecule has 0 bridgehead atoms. The van der Waals surface area contributed by atoms with E-state index in [2.05, 4.69) is 15.5 Å². The number of rotatable bonds is 5. The van der Waals surface area contributed by atoms with E-state index in [9.17, 15) is 4.79 Å². The van der Waals surface area contributed by atoms with Gasteiger partial charge in [-0.2, -0.15) is 0 Å². The van der Waals surface area contributed by atoms with Gasteiger partial charge in [-0.1, -0.05) is 12.1 Å². The van der Waals surface area contributed by atoms with Gasteiger partial charge in [-0.05, 0) is 36.4 Å². The third-order valence-corrected chi connectivity index (χ3v) is 5.73. The second kappa shape index (κ2) is 8.52. The smallest absolute Gasteiger partial charge is 0.321 e. The monoisotopic (exact) mass is 414 g/mol. The molecule has 3 aromatic rings. The number of nitrogens with one attached hydrogen (secondary N) is 1. The summed E-state index contributed by atoms with van der Waals surface area (Å²) in [5, 5.41) is 13.3. The summed E-state index contributed by atoms with van der Waals surface area (Å²) in [6.07, 6.45) is 1.77. The number of urea groups is 1. The quantitative estimate of drug-likeness (QED) is 0.672. The van der Waals surface area contributed by atoms with Crippen LogP contribution in [0.4, 0.5) is 10.5 Å². The van der Waals surface area contributed by atoms with E-state index in [0.29, 0.717) is 42.1 Å². The zero-order valence-electron chi connectivity index (χ0n) is 16.3. The lowest BCUT2D eigenvalue weighted by molar-refractivity contribution is 0.187. The third kappa shape index (κ3) is 4.04. The van der Waals surface area contributed by atoms with Crippen molar-refractivity contribution in [2.75, 3.05) is 32.6 Å². The number of methoxy groups -OCH3 is 2. The molecule has 3 heterocycles. The van der Waals surface area contributed by atoms with Gasteiger partial charge in [0.1, 0.15) is 0 Å². The maximum absolute atomic E-state index is 12.9. The van der Waals surface area contributed by atoms with Crippen LogP contribution < -0.4 is 14.8 Å². The fourth-order valence-electron chi connectivity index (χ4n) is 3.44. The molecule has 9 heteroatoms. The summed E-state index contributed by atoms with van der Waals surface area (Å²) in [6.45, 7) is 1.19. The second-order valence-electron chi connectivity index (χ2n) is 6.68. The maximum Gasteiger partial charge on any atom is 0.321 e. The van der Waals surface area contributed by atoms with Gasteiger partial charge in [0.05, 0.1) is 30.7 Å². The Kier molecular flexibility index (Phi) is 5.66. The highest BCUT2D eigenvalue weighted by molar-refractivity contribution is 7.13. The summed E-state index contributed by atoms with van der Waals surface area (Å²) < 4.78 is 16.6. The van der Waals surface area contributed by atoms with Gasteiger partial charge in [0, 0.05) is 13.1 Å². The molecule has 1 aromatic carbocycles. The highest BCUT2D eigenvalue weighted by Gasteiger charge is 2.29. The Morgan fingerprint density at radius 2 is 2.14 bits per heavy atom. The van der Waals surface area contributed by atoms with Crippen LogP contribution in [0, 0.1) is 0 Å². The number of hydrogen-bond donors (Lipinski definition) is 1. The molecule has 1 saturated heterocycles. The minimum atomic E-state index is -0.195. The summed E-state index contributed by atoms with van der Waals surface area (Å²) in [7, 11) is 3.11. The van der Waals surface area contributed by atoms with Crippen LogP contribution in [0.1, 0.15) is 24.7 Å². The SMILES string of the molecule is COc1cccc(NC(=O)N2CCCC(c3nnc(-c4cccs4)o3)C2)c1OC. The molecule has 1 atom stereocenters. The van der Waals surface area contributed by atoms with Crippen molar-refractivity contribution >= 4 is 23.1 Å². The number of para-hydroxylation sites is 1. The van der Waals surface area contributed by atoms with Crippen LogP contribution in [-0.2, 0) is 0 Å². The Hall–Kier alpha value is -3.07. The van der Waals surface area contributed by atoms with Gasteiger partial charge in [0.2, 0.25) is 5.89 Å². The van der Waals surface area contributed by atoms with Crippen molar-refractivity contribution in [2.45, 2.75) is 18.8 Å². The van der Waals surface area contributed by atoms with Crippen LogP contribution in [-0.4, -0.2) is 48.4 Å². The van der Waals surface area contributed by atoms with Crippen molar-refractivity contribution in [2.24, 2.45) is 0 Å². The second-order valence-corrected chi connectivity index (χ2v) is 7.63. The van der Waals surface area contributed by atoms with Crippen molar-refractivity contribution in [1.29, 1.82) is 0 Å². The maximum atomic E-state index is 12.9. The first-order chi connectivity index (χ1) is 14.2. The molecule has 1 aliphatic rings. The fraction of sp³-hybridized carbons (Fsp3) is 0.350. The van der Waals surface area contributed by atoms with Crippen molar-refractivity contribution in [3.8, 4) is 22.3 Å². The topological polar surface area (TPSA) is 89.7 Å². The number of aromatic nitrogens is 2. The van der Waals surface area contributed by atoms with E-state index in [1.54, 1.807) is 48.7 Å². The molecule has 2 aromatic heterocycles. The predicted molar refractivity (Wildman–Crippen MR) is 110 cm³/mol. The summed E-state index contributed by atoms with van der Waals surface area (Å²) in [6, 6.07) is 9.07. The summed E-state index contributed by atoms with van der Waals surface area (Å²) in [5.41, 5.74) is 0.566. The fourth-order valence-corrected chi connectivity index (χ4v) is 4.09. The lowest BCUT2D eigenvalue weighted by Crippen LogP contribution is -2.41. The molecule has 1 unspecified atom stereocenters. The number of carbonyl (C=O) groups excluding carboxylic acids is 1. The van der Waals surface area contributed by atoms with Crippen molar-refractivity contribution < 1.29 is 18.7 Å². The number of thiophene rings is 1. The normalized spacial score (nSPS) is 16.5. The zero-order chi connectivity index (χ0) is 20.2. The number of hydrogen-bond acceptors (Lipinski definition) is 7. The molecule has 0 saturated carbocycles. The molecule has 0 spiro atoms. The van der Waals surface area contributed by atoms with Crippen LogP contribution >= 0.6 is 11.3 Å². The van der Waals surface area contributed by atoms with E-state index >= 15 is 0 Å². The highest BCUT2D eigenvalue weighted by atomic mass is 32.1. The van der Waals surface area contributed by atoms with Crippen molar-refractivity contribution in [3.05, 3.63) is 41.6 Å². The molecule has 29 heavy (non-hydrogen) atoms. The van der Waals surface area contributed by atoms with E-state index < -0.39 is 0 Å². The number of carbonyl (C=O) groups is 1. The first-order valence-corrected chi connectivity index (χ1v) is 10.2. The van der Waals surface area contributed by atoms with Crippen LogP contribution in [0.25, 0.3) is 10.8 Å². The molecule has 4 rings (SSSR count). The molecular weight excluding hydrogens is 392 g/mol. The largest absolute Gasteiger partial charge is 0.493 e. The van der Waals surface area contributed by atoms with Crippen LogP contribution in [0.3, 0.4) is 0 Å². The first kappa shape index (κ1) is 19.3. The molecule has 1 fully saturated rings. The number of amides is 2. The Morgan fingerprint density at radius 1 is 1.24 bits per heavy atom. The zero-order valence-corrected chi connectivity index (χ0v) is 17.1. The van der Waals surface area contributed by atoms with Gasteiger partial charge in [0.25, 0.3) is 5.89 Å². The molecular formula is C20H22N4O4S. The number of ether oxygens (including phenoxy) is 2. The van der Waals surface area contributed by atoms with E-state index in [4.69, 9.17) is 13.9 Å². The molecule has 152 valence electrons. The van der Waals surface area contributed by atoms with E-state index in [0.717, 1.165) is 17.7 Å². The number of likely N-dealkylation sites (tertiary alicyclic amines) is 1. The molecule has 8 nitrogen and oxygen atoms in total. The summed E-state index contributed by atoms with van der Waals surface area (Å²) in [4.78, 5) is 15.6. The highest BCUT2D eigenvalue weighted by Crippen LogP contribution is 2.35. The van der Waals surface area contributed by atoms with E-state index in [1.807, 2.05) is 17.5 Å². The van der Waals surface area contributed by atoms with Crippen LogP contribution in [0.2, 0.25) is 0 Å². The minimum Gasteiger partial charge on any atom is -0.493 e. The van der Waals surface area contributed by atoms with Crippen LogP contribution in [0.5, 0.6) is 11.5 Å². The Morgan fingerprint density at radius 3 is 2.90 bits per heavy atom. The van der Waals surface area contributed by atoms with E-state index in [1.165, 1.54) is 0 Å². The number of nitrogens with zero attached hydrogens (tertiary/aromatic N) is 3. The van der Waals surface area contributed by atoms with Crippen molar-refractivity contribution in [1.82, 2.24) is 15.1 Å². The van der Waals surface area contributed by atoms with Gasteiger partial charge in [-0.3, -0.25) is 0 Å². The Labute approximate surface area is 172 Å². The number of piperidine rings is 1. The Balaban J connectivity index is 1.45. The number of anilines is 1. The van der Waals surface area contributed by atoms with Gasteiger partial charge < -0.3 is 24.1 Å². The predicted octanol–water partition coefficient (Wildman–Crippen LogP) is 4.23. The van der Waals surface area contributed by atoms with Crippen LogP contribution in [0.15, 0.2) is 40.1 Å². The van der Waals surface area contributed by atoms with Gasteiger partial charge in [0.15, 0.2) is 11.5 Å². The van der Waals surface area contributed by atoms with Gasteiger partial charge in [-0.25, -0.2) is 4.79 Å². The molecule has 1 N–H and O–H groups in total. The summed E-state index contributed by atoms with van der Waals surface area (Å²) in [5.74, 6) is 2.17. The standard InChI is InChI=1S/C20H22N4O4S/c1-26-15-8-3-7-14(17(15)27-2)21-20(25)24-10-4-6-13(12-24)18-22-23-19(28-18)16-9-5-11-29-16/h3,5,7-9,11,13H,4,6,10,12H2,1-2H3,(H,21,25). The minimum absolute atomic E-state index is 0.0166. The molecule has 0 radical (unpaired) electrons.